The smallest absolute Gasteiger partial charge is 0.416 e. The highest BCUT2D eigenvalue weighted by atomic mass is 19.4. The Balaban J connectivity index is 2.29. The average molecular weight is 309 g/mol. The van der Waals surface area contributed by atoms with Crippen molar-refractivity contribution >= 4 is 17.6 Å². The highest BCUT2D eigenvalue weighted by Gasteiger charge is 2.30. The predicted octanol–water partition coefficient (Wildman–Crippen LogP) is 3.66. The summed E-state index contributed by atoms with van der Waals surface area (Å²) in [6.07, 6.45) is -4.56. The van der Waals surface area contributed by atoms with Crippen molar-refractivity contribution in [2.75, 3.05) is 5.32 Å². The van der Waals surface area contributed by atoms with Crippen LogP contribution >= 0.6 is 0 Å². The number of rotatable bonds is 3. The first-order chi connectivity index (χ1) is 10.3. The van der Waals surface area contributed by atoms with Gasteiger partial charge in [0.05, 0.1) is 16.8 Å². The minimum absolute atomic E-state index is 0.0115. The molecular formula is C15H10F3NO3. The first-order valence-corrected chi connectivity index (χ1v) is 6.10. The van der Waals surface area contributed by atoms with Crippen LogP contribution in [0.3, 0.4) is 0 Å². The van der Waals surface area contributed by atoms with E-state index < -0.39 is 23.6 Å². The summed E-state index contributed by atoms with van der Waals surface area (Å²) in [5.41, 5.74) is -1.30. The van der Waals surface area contributed by atoms with Crippen molar-refractivity contribution in [2.45, 2.75) is 6.18 Å². The van der Waals surface area contributed by atoms with Crippen LogP contribution in [0.25, 0.3) is 0 Å². The van der Waals surface area contributed by atoms with E-state index in [9.17, 15) is 22.8 Å². The monoisotopic (exact) mass is 309 g/mol. The number of hydrogen-bond donors (Lipinski definition) is 2. The van der Waals surface area contributed by atoms with Gasteiger partial charge in [-0.15, -0.1) is 0 Å². The van der Waals surface area contributed by atoms with E-state index in [-0.39, 0.29) is 16.8 Å². The first-order valence-electron chi connectivity index (χ1n) is 6.10. The molecule has 0 bridgehead atoms. The SMILES string of the molecule is O=C(Nc1ccccc1C(=O)O)c1cccc(C(F)(F)F)c1. The molecule has 0 spiro atoms. The number of carbonyl (C=O) groups excluding carboxylic acids is 1. The summed E-state index contributed by atoms with van der Waals surface area (Å²) in [5.74, 6) is -2.07. The average Bonchev–Trinajstić information content (AvgIpc) is 2.47. The molecule has 114 valence electrons. The van der Waals surface area contributed by atoms with Crippen molar-refractivity contribution in [1.82, 2.24) is 0 Å². The van der Waals surface area contributed by atoms with E-state index in [2.05, 4.69) is 5.32 Å². The zero-order chi connectivity index (χ0) is 16.3. The molecule has 0 heterocycles. The number of nitrogens with one attached hydrogen (secondary N) is 1. The van der Waals surface area contributed by atoms with Crippen LogP contribution in [-0.2, 0) is 6.18 Å². The second kappa shape index (κ2) is 5.88. The fourth-order valence-corrected chi connectivity index (χ4v) is 1.81. The van der Waals surface area contributed by atoms with Crippen molar-refractivity contribution in [1.29, 1.82) is 0 Å². The number of alkyl halides is 3. The molecule has 7 heteroatoms. The third-order valence-electron chi connectivity index (χ3n) is 2.86. The molecule has 0 atom stereocenters. The maximum absolute atomic E-state index is 12.6. The number of carboxylic acids is 1. The normalized spacial score (nSPS) is 11.0. The Morgan fingerprint density at radius 3 is 2.32 bits per heavy atom. The van der Waals surface area contributed by atoms with Crippen molar-refractivity contribution in [2.24, 2.45) is 0 Å². The predicted molar refractivity (Wildman–Crippen MR) is 72.8 cm³/mol. The molecule has 0 fully saturated rings. The van der Waals surface area contributed by atoms with Gasteiger partial charge in [-0.3, -0.25) is 4.79 Å². The van der Waals surface area contributed by atoms with Crippen LogP contribution in [0.1, 0.15) is 26.3 Å². The maximum atomic E-state index is 12.6. The lowest BCUT2D eigenvalue weighted by atomic mass is 10.1. The van der Waals surface area contributed by atoms with Gasteiger partial charge >= 0.3 is 12.1 Å². The Morgan fingerprint density at radius 2 is 1.68 bits per heavy atom. The van der Waals surface area contributed by atoms with E-state index in [4.69, 9.17) is 5.11 Å². The molecule has 2 rings (SSSR count). The number of benzene rings is 2. The lowest BCUT2D eigenvalue weighted by Crippen LogP contribution is -2.16. The Hall–Kier alpha value is -2.83. The molecule has 4 nitrogen and oxygen atoms in total. The van der Waals surface area contributed by atoms with E-state index >= 15 is 0 Å². The summed E-state index contributed by atoms with van der Waals surface area (Å²) in [6, 6.07) is 9.51. The van der Waals surface area contributed by atoms with Crippen molar-refractivity contribution in [3.8, 4) is 0 Å². The lowest BCUT2D eigenvalue weighted by Gasteiger charge is -2.10. The highest BCUT2D eigenvalue weighted by molar-refractivity contribution is 6.07. The number of anilines is 1. The first kappa shape index (κ1) is 15.6. The molecule has 22 heavy (non-hydrogen) atoms. The highest BCUT2D eigenvalue weighted by Crippen LogP contribution is 2.29. The topological polar surface area (TPSA) is 66.4 Å². The Labute approximate surface area is 123 Å². The van der Waals surface area contributed by atoms with Gasteiger partial charge in [0.15, 0.2) is 0 Å². The largest absolute Gasteiger partial charge is 0.478 e. The molecule has 0 unspecified atom stereocenters. The van der Waals surface area contributed by atoms with Crippen molar-refractivity contribution < 1.29 is 27.9 Å². The number of halogens is 3. The summed E-state index contributed by atoms with van der Waals surface area (Å²) in [6.45, 7) is 0. The molecule has 0 radical (unpaired) electrons. The third kappa shape index (κ3) is 3.43. The van der Waals surface area contributed by atoms with Crippen LogP contribution < -0.4 is 5.32 Å². The fraction of sp³-hybridized carbons (Fsp3) is 0.0667. The lowest BCUT2D eigenvalue weighted by molar-refractivity contribution is -0.137. The van der Waals surface area contributed by atoms with Gasteiger partial charge in [-0.05, 0) is 30.3 Å². The summed E-state index contributed by atoms with van der Waals surface area (Å²) in [5, 5.41) is 11.3. The Morgan fingerprint density at radius 1 is 1.00 bits per heavy atom. The molecule has 0 aromatic heterocycles. The minimum atomic E-state index is -4.56. The summed E-state index contributed by atoms with van der Waals surface area (Å²) in [7, 11) is 0. The van der Waals surface area contributed by atoms with E-state index in [0.29, 0.717) is 6.07 Å². The third-order valence-corrected chi connectivity index (χ3v) is 2.86. The molecule has 0 saturated carbocycles. The van der Waals surface area contributed by atoms with Crippen LogP contribution in [0.15, 0.2) is 48.5 Å². The van der Waals surface area contributed by atoms with Crippen LogP contribution in [0.5, 0.6) is 0 Å². The van der Waals surface area contributed by atoms with Crippen LogP contribution in [0.4, 0.5) is 18.9 Å². The summed E-state index contributed by atoms with van der Waals surface area (Å²) in [4.78, 5) is 23.0. The van der Waals surface area contributed by atoms with Crippen molar-refractivity contribution in [3.05, 3.63) is 65.2 Å². The standard InChI is InChI=1S/C15H10F3NO3/c16-15(17,18)10-5-3-4-9(8-10)13(20)19-12-7-2-1-6-11(12)14(21)22/h1-8H,(H,19,20)(H,21,22). The van der Waals surface area contributed by atoms with Crippen LogP contribution in [0, 0.1) is 0 Å². The molecule has 2 N–H and O–H groups in total. The van der Waals surface area contributed by atoms with Crippen molar-refractivity contribution in [3.63, 3.8) is 0 Å². The molecule has 2 aromatic carbocycles. The molecule has 0 aliphatic rings. The van der Waals surface area contributed by atoms with Gasteiger partial charge in [-0.2, -0.15) is 13.2 Å². The molecule has 0 aliphatic heterocycles. The van der Waals surface area contributed by atoms with Crippen LogP contribution in [-0.4, -0.2) is 17.0 Å². The van der Waals surface area contributed by atoms with Gasteiger partial charge in [0.25, 0.3) is 5.91 Å². The quantitative estimate of drug-likeness (QED) is 0.909. The molecular weight excluding hydrogens is 299 g/mol. The molecule has 1 amide bonds. The fourth-order valence-electron chi connectivity index (χ4n) is 1.81. The Kier molecular flexibility index (Phi) is 4.16. The molecule has 0 aliphatic carbocycles. The Bertz CT molecular complexity index is 726. The molecule has 2 aromatic rings. The minimum Gasteiger partial charge on any atom is -0.478 e. The number of para-hydroxylation sites is 1. The van der Waals surface area contributed by atoms with Gasteiger partial charge in [0, 0.05) is 5.56 Å². The second-order valence-corrected chi connectivity index (χ2v) is 4.38. The zero-order valence-corrected chi connectivity index (χ0v) is 11.0. The molecule has 0 saturated heterocycles. The van der Waals surface area contributed by atoms with Crippen LogP contribution in [0.2, 0.25) is 0 Å². The van der Waals surface area contributed by atoms with Gasteiger partial charge < -0.3 is 10.4 Å². The van der Waals surface area contributed by atoms with Gasteiger partial charge in [0.2, 0.25) is 0 Å². The second-order valence-electron chi connectivity index (χ2n) is 4.38. The number of carbonyl (C=O) groups is 2. The van der Waals surface area contributed by atoms with E-state index in [1.165, 1.54) is 30.3 Å². The van der Waals surface area contributed by atoms with E-state index in [1.807, 2.05) is 0 Å². The van der Waals surface area contributed by atoms with Gasteiger partial charge in [0.1, 0.15) is 0 Å². The number of amides is 1. The number of hydrogen-bond acceptors (Lipinski definition) is 2. The summed E-state index contributed by atoms with van der Waals surface area (Å²) < 4.78 is 37.9. The van der Waals surface area contributed by atoms with Gasteiger partial charge in [-0.25, -0.2) is 4.79 Å². The van der Waals surface area contributed by atoms with E-state index in [0.717, 1.165) is 12.1 Å². The number of carboxylic acid groups (broad SMARTS) is 1. The van der Waals surface area contributed by atoms with Gasteiger partial charge in [-0.1, -0.05) is 18.2 Å². The number of aromatic carboxylic acids is 1. The van der Waals surface area contributed by atoms with E-state index in [1.54, 1.807) is 0 Å². The zero-order valence-electron chi connectivity index (χ0n) is 11.0. The maximum Gasteiger partial charge on any atom is 0.416 e. The summed E-state index contributed by atoms with van der Waals surface area (Å²) >= 11 is 0.